The molecule has 0 aliphatic rings. The molecule has 0 bridgehead atoms. The molecular weight excluding hydrogens is 360 g/mol. The van der Waals surface area contributed by atoms with E-state index in [0.29, 0.717) is 12.4 Å². The van der Waals surface area contributed by atoms with Gasteiger partial charge in [-0.05, 0) is 48.6 Å². The van der Waals surface area contributed by atoms with Gasteiger partial charge < -0.3 is 9.47 Å². The third-order valence-electron chi connectivity index (χ3n) is 5.12. The van der Waals surface area contributed by atoms with Gasteiger partial charge in [-0.1, -0.05) is 88.3 Å². The monoisotopic (exact) mass is 396 g/mol. The quantitative estimate of drug-likeness (QED) is 0.255. The SMILES string of the molecule is CCCCCCCCCCc1ccc(-c2ccc(OCC(=O)OCC)cc2)cc1. The van der Waals surface area contributed by atoms with E-state index in [9.17, 15) is 4.79 Å². The van der Waals surface area contributed by atoms with Crippen molar-refractivity contribution in [3.63, 3.8) is 0 Å². The highest BCUT2D eigenvalue weighted by Crippen LogP contribution is 2.23. The van der Waals surface area contributed by atoms with Crippen LogP contribution in [-0.2, 0) is 16.0 Å². The number of rotatable bonds is 14. The number of ether oxygens (including phenoxy) is 2. The largest absolute Gasteiger partial charge is 0.482 e. The molecule has 0 aliphatic carbocycles. The molecule has 0 N–H and O–H groups in total. The van der Waals surface area contributed by atoms with E-state index in [-0.39, 0.29) is 12.6 Å². The number of esters is 1. The molecule has 0 amide bonds. The van der Waals surface area contributed by atoms with Crippen LogP contribution in [0.15, 0.2) is 48.5 Å². The Hall–Kier alpha value is -2.29. The van der Waals surface area contributed by atoms with E-state index >= 15 is 0 Å². The van der Waals surface area contributed by atoms with Crippen molar-refractivity contribution in [2.45, 2.75) is 71.6 Å². The van der Waals surface area contributed by atoms with Gasteiger partial charge in [0.1, 0.15) is 5.75 Å². The average Bonchev–Trinajstić information content (AvgIpc) is 2.75. The van der Waals surface area contributed by atoms with E-state index in [2.05, 4.69) is 31.2 Å². The van der Waals surface area contributed by atoms with Crippen molar-refractivity contribution in [1.82, 2.24) is 0 Å². The third kappa shape index (κ3) is 9.17. The molecule has 0 aromatic heterocycles. The predicted molar refractivity (Wildman–Crippen MR) is 120 cm³/mol. The first-order valence-corrected chi connectivity index (χ1v) is 11.2. The van der Waals surface area contributed by atoms with E-state index in [4.69, 9.17) is 9.47 Å². The van der Waals surface area contributed by atoms with E-state index in [1.54, 1.807) is 6.92 Å². The van der Waals surface area contributed by atoms with Crippen molar-refractivity contribution in [1.29, 1.82) is 0 Å². The maximum atomic E-state index is 11.4. The van der Waals surface area contributed by atoms with E-state index in [1.165, 1.54) is 62.5 Å². The fourth-order valence-electron chi connectivity index (χ4n) is 3.42. The summed E-state index contributed by atoms with van der Waals surface area (Å²) in [4.78, 5) is 11.4. The summed E-state index contributed by atoms with van der Waals surface area (Å²) in [5, 5.41) is 0. The summed E-state index contributed by atoms with van der Waals surface area (Å²) in [6, 6.07) is 16.7. The van der Waals surface area contributed by atoms with Gasteiger partial charge in [-0.25, -0.2) is 4.79 Å². The summed E-state index contributed by atoms with van der Waals surface area (Å²) in [6.07, 6.45) is 12.0. The molecule has 29 heavy (non-hydrogen) atoms. The van der Waals surface area contributed by atoms with Gasteiger partial charge >= 0.3 is 5.97 Å². The molecule has 0 aliphatic heterocycles. The van der Waals surface area contributed by atoms with Gasteiger partial charge in [-0.15, -0.1) is 0 Å². The Bertz CT molecular complexity index is 689. The number of hydrogen-bond acceptors (Lipinski definition) is 3. The van der Waals surface area contributed by atoms with Gasteiger partial charge in [0.25, 0.3) is 0 Å². The molecule has 3 nitrogen and oxygen atoms in total. The maximum Gasteiger partial charge on any atom is 0.344 e. The van der Waals surface area contributed by atoms with Gasteiger partial charge in [0.05, 0.1) is 6.61 Å². The zero-order valence-corrected chi connectivity index (χ0v) is 18.1. The molecule has 0 saturated heterocycles. The molecule has 0 saturated carbocycles. The highest BCUT2D eigenvalue weighted by Gasteiger charge is 2.04. The van der Waals surface area contributed by atoms with Gasteiger partial charge in [0, 0.05) is 0 Å². The van der Waals surface area contributed by atoms with Crippen LogP contribution in [0.25, 0.3) is 11.1 Å². The second-order valence-corrected chi connectivity index (χ2v) is 7.54. The van der Waals surface area contributed by atoms with Crippen molar-refractivity contribution in [3.8, 4) is 16.9 Å². The number of carbonyl (C=O) groups excluding carboxylic acids is 1. The molecule has 2 rings (SSSR count). The lowest BCUT2D eigenvalue weighted by Crippen LogP contribution is -2.14. The summed E-state index contributed by atoms with van der Waals surface area (Å²) >= 11 is 0. The fraction of sp³-hybridized carbons (Fsp3) is 0.500. The standard InChI is InChI=1S/C26H36O3/c1-3-5-6-7-8-9-10-11-12-22-13-15-23(16-14-22)24-17-19-25(20-18-24)29-21-26(27)28-4-2/h13-20H,3-12,21H2,1-2H3. The van der Waals surface area contributed by atoms with Gasteiger partial charge in [-0.2, -0.15) is 0 Å². The lowest BCUT2D eigenvalue weighted by atomic mass is 10.0. The summed E-state index contributed by atoms with van der Waals surface area (Å²) in [6.45, 7) is 4.37. The Morgan fingerprint density at radius 1 is 0.724 bits per heavy atom. The lowest BCUT2D eigenvalue weighted by Gasteiger charge is -2.08. The van der Waals surface area contributed by atoms with Gasteiger partial charge in [0.15, 0.2) is 6.61 Å². The lowest BCUT2D eigenvalue weighted by molar-refractivity contribution is -0.145. The fourth-order valence-corrected chi connectivity index (χ4v) is 3.42. The Morgan fingerprint density at radius 2 is 1.28 bits per heavy atom. The number of benzene rings is 2. The van der Waals surface area contributed by atoms with Crippen LogP contribution in [0.2, 0.25) is 0 Å². The molecule has 0 spiro atoms. The van der Waals surface area contributed by atoms with Crippen LogP contribution in [0, 0.1) is 0 Å². The number of aryl methyl sites for hydroxylation is 1. The van der Waals surface area contributed by atoms with Crippen molar-refractivity contribution in [3.05, 3.63) is 54.1 Å². The van der Waals surface area contributed by atoms with E-state index < -0.39 is 0 Å². The number of hydrogen-bond donors (Lipinski definition) is 0. The second-order valence-electron chi connectivity index (χ2n) is 7.54. The minimum absolute atomic E-state index is 0.0549. The molecule has 0 unspecified atom stereocenters. The van der Waals surface area contributed by atoms with Crippen molar-refractivity contribution in [2.75, 3.05) is 13.2 Å². The summed E-state index contributed by atoms with van der Waals surface area (Å²) < 4.78 is 10.3. The average molecular weight is 397 g/mol. The maximum absolute atomic E-state index is 11.4. The highest BCUT2D eigenvalue weighted by molar-refractivity contribution is 5.71. The molecule has 2 aromatic rings. The third-order valence-corrected chi connectivity index (χ3v) is 5.12. The normalized spacial score (nSPS) is 10.7. The van der Waals surface area contributed by atoms with Crippen molar-refractivity contribution in [2.24, 2.45) is 0 Å². The predicted octanol–water partition coefficient (Wildman–Crippen LogP) is 6.98. The first-order valence-electron chi connectivity index (χ1n) is 11.2. The minimum Gasteiger partial charge on any atom is -0.482 e. The molecule has 0 fully saturated rings. The van der Waals surface area contributed by atoms with Crippen LogP contribution >= 0.6 is 0 Å². The molecule has 158 valence electrons. The Kier molecular flexibility index (Phi) is 11.0. The summed E-state index contributed by atoms with van der Waals surface area (Å²) in [5.41, 5.74) is 3.75. The smallest absolute Gasteiger partial charge is 0.344 e. The van der Waals surface area contributed by atoms with Crippen LogP contribution in [0.1, 0.15) is 70.8 Å². The molecule has 2 aromatic carbocycles. The Morgan fingerprint density at radius 3 is 1.86 bits per heavy atom. The van der Waals surface area contributed by atoms with Crippen LogP contribution < -0.4 is 4.74 Å². The molecule has 0 heterocycles. The molecule has 0 radical (unpaired) electrons. The summed E-state index contributed by atoms with van der Waals surface area (Å²) in [5.74, 6) is 0.330. The second kappa shape index (κ2) is 13.8. The Labute approximate surface area is 176 Å². The van der Waals surface area contributed by atoms with Crippen molar-refractivity contribution < 1.29 is 14.3 Å². The van der Waals surface area contributed by atoms with Crippen LogP contribution in [0.4, 0.5) is 0 Å². The van der Waals surface area contributed by atoms with Crippen molar-refractivity contribution >= 4 is 5.97 Å². The number of unbranched alkanes of at least 4 members (excludes halogenated alkanes) is 7. The zero-order chi connectivity index (χ0) is 20.7. The molecule has 0 atom stereocenters. The molecular formula is C26H36O3. The van der Waals surface area contributed by atoms with Crippen LogP contribution in [0.3, 0.4) is 0 Å². The van der Waals surface area contributed by atoms with Crippen LogP contribution in [-0.4, -0.2) is 19.2 Å². The van der Waals surface area contributed by atoms with Crippen LogP contribution in [0.5, 0.6) is 5.75 Å². The summed E-state index contributed by atoms with van der Waals surface area (Å²) in [7, 11) is 0. The van der Waals surface area contributed by atoms with Gasteiger partial charge in [-0.3, -0.25) is 0 Å². The van der Waals surface area contributed by atoms with E-state index in [0.717, 1.165) is 12.0 Å². The Balaban J connectivity index is 1.71. The topological polar surface area (TPSA) is 35.5 Å². The minimum atomic E-state index is -0.344. The van der Waals surface area contributed by atoms with E-state index in [1.807, 2.05) is 24.3 Å². The highest BCUT2D eigenvalue weighted by atomic mass is 16.6. The number of carbonyl (C=O) groups is 1. The molecule has 3 heteroatoms. The van der Waals surface area contributed by atoms with Gasteiger partial charge in [0.2, 0.25) is 0 Å². The first kappa shape index (κ1) is 23.0. The zero-order valence-electron chi connectivity index (χ0n) is 18.1. The first-order chi connectivity index (χ1) is 14.2.